The highest BCUT2D eigenvalue weighted by Gasteiger charge is 2.28. The van der Waals surface area contributed by atoms with Crippen molar-refractivity contribution in [3.8, 4) is 5.75 Å². The molecule has 2 aromatic carbocycles. The second-order valence-corrected chi connectivity index (χ2v) is 6.63. The smallest absolute Gasteiger partial charge is 0.259 e. The molecule has 142 valence electrons. The zero-order chi connectivity index (χ0) is 19.6. The number of amides is 2. The maximum atomic E-state index is 13.4. The second-order valence-electron chi connectivity index (χ2n) is 6.63. The van der Waals surface area contributed by atoms with Gasteiger partial charge in [0.1, 0.15) is 5.75 Å². The maximum Gasteiger partial charge on any atom is 0.259 e. The van der Waals surface area contributed by atoms with Crippen molar-refractivity contribution in [3.63, 3.8) is 0 Å². The summed E-state index contributed by atoms with van der Waals surface area (Å²) >= 11 is 0. The fourth-order valence-corrected chi connectivity index (χ4v) is 3.05. The Morgan fingerprint density at radius 1 is 1.19 bits per heavy atom. The second kappa shape index (κ2) is 7.73. The van der Waals surface area contributed by atoms with Gasteiger partial charge in [-0.2, -0.15) is 0 Å². The molecule has 0 aromatic heterocycles. The molecule has 1 N–H and O–H groups in total. The van der Waals surface area contributed by atoms with Gasteiger partial charge in [0, 0.05) is 32.3 Å². The van der Waals surface area contributed by atoms with Crippen molar-refractivity contribution in [1.82, 2.24) is 4.90 Å². The van der Waals surface area contributed by atoms with Gasteiger partial charge in [-0.05, 0) is 36.1 Å². The number of para-hydroxylation sites is 1. The number of hydrogen-bond acceptors (Lipinski definition) is 3. The Hall–Kier alpha value is -2.96. The Labute approximate surface area is 155 Å². The number of nitrogens with zero attached hydrogens (tertiary/aromatic N) is 1. The lowest BCUT2D eigenvalue weighted by molar-refractivity contribution is -0.129. The Morgan fingerprint density at radius 3 is 2.67 bits per heavy atom. The molecule has 2 amide bonds. The molecule has 1 heterocycles. The van der Waals surface area contributed by atoms with E-state index in [1.807, 2.05) is 6.07 Å². The van der Waals surface area contributed by atoms with Gasteiger partial charge in [-0.15, -0.1) is 0 Å². The summed E-state index contributed by atoms with van der Waals surface area (Å²) in [5, 5.41) is 2.55. The van der Waals surface area contributed by atoms with Crippen molar-refractivity contribution in [2.75, 3.05) is 26.0 Å². The maximum absolute atomic E-state index is 13.4. The molecule has 0 fully saturated rings. The molecule has 0 saturated carbocycles. The molecular weight excluding hydrogens is 354 g/mol. The lowest BCUT2D eigenvalue weighted by atomic mass is 9.88. The summed E-state index contributed by atoms with van der Waals surface area (Å²) in [6.45, 7) is 0.397. The monoisotopic (exact) mass is 374 g/mol. The van der Waals surface area contributed by atoms with E-state index in [-0.39, 0.29) is 17.5 Å². The number of halogens is 2. The van der Waals surface area contributed by atoms with Crippen LogP contribution in [-0.4, -0.2) is 37.4 Å². The van der Waals surface area contributed by atoms with Crippen molar-refractivity contribution in [1.29, 1.82) is 0 Å². The fourth-order valence-electron chi connectivity index (χ4n) is 3.05. The normalized spacial score (nSPS) is 15.5. The van der Waals surface area contributed by atoms with Gasteiger partial charge in [0.25, 0.3) is 5.91 Å². The first-order valence-corrected chi connectivity index (χ1v) is 8.59. The number of benzene rings is 2. The molecule has 0 bridgehead atoms. The third kappa shape index (κ3) is 4.07. The first-order chi connectivity index (χ1) is 12.9. The summed E-state index contributed by atoms with van der Waals surface area (Å²) in [7, 11) is 3.41. The van der Waals surface area contributed by atoms with Crippen LogP contribution in [0.3, 0.4) is 0 Å². The largest absolute Gasteiger partial charge is 0.492 e. The van der Waals surface area contributed by atoms with Gasteiger partial charge in [0.15, 0.2) is 11.6 Å². The molecule has 5 nitrogen and oxygen atoms in total. The van der Waals surface area contributed by atoms with E-state index in [9.17, 15) is 18.4 Å². The third-order valence-corrected chi connectivity index (χ3v) is 4.54. The van der Waals surface area contributed by atoms with Crippen molar-refractivity contribution in [2.24, 2.45) is 0 Å². The summed E-state index contributed by atoms with van der Waals surface area (Å²) in [6, 6.07) is 8.32. The molecule has 1 aliphatic rings. The van der Waals surface area contributed by atoms with E-state index in [2.05, 4.69) is 5.32 Å². The number of anilines is 1. The summed E-state index contributed by atoms with van der Waals surface area (Å²) < 4.78 is 32.1. The topological polar surface area (TPSA) is 58.6 Å². The number of nitrogens with one attached hydrogen (secondary N) is 1. The number of fused-ring (bicyclic) bond motifs is 1. The van der Waals surface area contributed by atoms with Crippen molar-refractivity contribution in [2.45, 2.75) is 18.8 Å². The summed E-state index contributed by atoms with van der Waals surface area (Å²) in [5.74, 6) is -2.12. The quantitative estimate of drug-likeness (QED) is 0.890. The number of carbonyl (C=O) groups excluding carboxylic acids is 2. The van der Waals surface area contributed by atoms with Gasteiger partial charge >= 0.3 is 0 Å². The average molecular weight is 374 g/mol. The highest BCUT2D eigenvalue weighted by Crippen LogP contribution is 2.38. The van der Waals surface area contributed by atoms with E-state index >= 15 is 0 Å². The Bertz CT molecular complexity index is 884. The molecule has 0 spiro atoms. The molecule has 3 rings (SSSR count). The third-order valence-electron chi connectivity index (χ3n) is 4.54. The van der Waals surface area contributed by atoms with Crippen molar-refractivity contribution in [3.05, 3.63) is 59.2 Å². The molecule has 0 saturated heterocycles. The molecular formula is C20H20F2N2O3. The summed E-state index contributed by atoms with van der Waals surface area (Å²) in [5.41, 5.74) is 1.24. The standard InChI is InChI=1S/C20H20F2N2O3/c1-24(2)18(25)10-12-8-9-27-19-14(12)4-3-5-15(19)20(26)23-13-6-7-16(21)17(22)11-13/h3-7,11-12H,8-10H2,1-2H3,(H,23,26). The van der Waals surface area contributed by atoms with E-state index in [0.29, 0.717) is 30.8 Å². The van der Waals surface area contributed by atoms with Crippen LogP contribution in [0.5, 0.6) is 5.75 Å². The number of carbonyl (C=O) groups is 2. The van der Waals surface area contributed by atoms with Gasteiger partial charge in [0.05, 0.1) is 12.2 Å². The molecule has 1 unspecified atom stereocenters. The number of ether oxygens (including phenoxy) is 1. The van der Waals surface area contributed by atoms with E-state index in [1.165, 1.54) is 11.0 Å². The zero-order valence-electron chi connectivity index (χ0n) is 15.1. The zero-order valence-corrected chi connectivity index (χ0v) is 15.1. The molecule has 1 atom stereocenters. The van der Waals surface area contributed by atoms with E-state index in [0.717, 1.165) is 17.7 Å². The van der Waals surface area contributed by atoms with E-state index in [4.69, 9.17) is 4.74 Å². The predicted octanol–water partition coefficient (Wildman–Crippen LogP) is 3.56. The van der Waals surface area contributed by atoms with E-state index < -0.39 is 17.5 Å². The lowest BCUT2D eigenvalue weighted by Crippen LogP contribution is -2.26. The highest BCUT2D eigenvalue weighted by atomic mass is 19.2. The first-order valence-electron chi connectivity index (χ1n) is 8.59. The minimum atomic E-state index is -1.04. The minimum Gasteiger partial charge on any atom is -0.492 e. The number of rotatable bonds is 4. The first kappa shape index (κ1) is 18.8. The van der Waals surface area contributed by atoms with Crippen LogP contribution in [0.4, 0.5) is 14.5 Å². The highest BCUT2D eigenvalue weighted by molar-refractivity contribution is 6.06. The summed E-state index contributed by atoms with van der Waals surface area (Å²) in [6.07, 6.45) is 1.01. The SMILES string of the molecule is CN(C)C(=O)CC1CCOc2c(C(=O)Nc3ccc(F)c(F)c3)cccc21. The molecule has 2 aromatic rings. The van der Waals surface area contributed by atoms with Crippen LogP contribution in [0.1, 0.15) is 34.7 Å². The molecule has 0 aliphatic carbocycles. The van der Waals surface area contributed by atoms with Gasteiger partial charge in [-0.3, -0.25) is 9.59 Å². The van der Waals surface area contributed by atoms with Crippen LogP contribution in [0.25, 0.3) is 0 Å². The molecule has 27 heavy (non-hydrogen) atoms. The van der Waals surface area contributed by atoms with Crippen LogP contribution in [0, 0.1) is 11.6 Å². The minimum absolute atomic E-state index is 0.00416. The van der Waals surface area contributed by atoms with Gasteiger partial charge in [-0.1, -0.05) is 12.1 Å². The van der Waals surface area contributed by atoms with E-state index in [1.54, 1.807) is 26.2 Å². The fraction of sp³-hybridized carbons (Fsp3) is 0.300. The van der Waals surface area contributed by atoms with Gasteiger partial charge in [0.2, 0.25) is 5.91 Å². The van der Waals surface area contributed by atoms with Crippen LogP contribution in [0.15, 0.2) is 36.4 Å². The van der Waals surface area contributed by atoms with Crippen LogP contribution in [0.2, 0.25) is 0 Å². The predicted molar refractivity (Wildman–Crippen MR) is 96.9 cm³/mol. The Morgan fingerprint density at radius 2 is 1.96 bits per heavy atom. The van der Waals surface area contributed by atoms with Gasteiger partial charge in [-0.25, -0.2) is 8.78 Å². The molecule has 0 radical (unpaired) electrons. The number of hydrogen-bond donors (Lipinski definition) is 1. The van der Waals surface area contributed by atoms with Crippen molar-refractivity contribution >= 4 is 17.5 Å². The van der Waals surface area contributed by atoms with Crippen LogP contribution in [-0.2, 0) is 4.79 Å². The average Bonchev–Trinajstić information content (AvgIpc) is 2.64. The Kier molecular flexibility index (Phi) is 5.39. The lowest BCUT2D eigenvalue weighted by Gasteiger charge is -2.28. The molecule has 7 heteroatoms. The van der Waals surface area contributed by atoms with Crippen molar-refractivity contribution < 1.29 is 23.1 Å². The van der Waals surface area contributed by atoms with Crippen LogP contribution < -0.4 is 10.1 Å². The molecule has 1 aliphatic heterocycles. The van der Waals surface area contributed by atoms with Crippen LogP contribution >= 0.6 is 0 Å². The Balaban J connectivity index is 1.85. The van der Waals surface area contributed by atoms with Gasteiger partial charge < -0.3 is 15.0 Å². The summed E-state index contributed by atoms with van der Waals surface area (Å²) in [4.78, 5) is 26.3.